The van der Waals surface area contributed by atoms with E-state index in [4.69, 9.17) is 4.74 Å². The first-order chi connectivity index (χ1) is 6.68. The zero-order valence-electron chi connectivity index (χ0n) is 9.21. The summed E-state index contributed by atoms with van der Waals surface area (Å²) >= 11 is 2.10. The van der Waals surface area contributed by atoms with Gasteiger partial charge in [0.25, 0.3) is 0 Å². The summed E-state index contributed by atoms with van der Waals surface area (Å²) in [7, 11) is 0. The molecule has 0 spiro atoms. The average molecular weight is 215 g/mol. The lowest BCUT2D eigenvalue weighted by Crippen LogP contribution is -2.42. The summed E-state index contributed by atoms with van der Waals surface area (Å²) in [4.78, 5) is 0. The molecular weight excluding hydrogens is 194 g/mol. The van der Waals surface area contributed by atoms with E-state index >= 15 is 0 Å². The van der Waals surface area contributed by atoms with Gasteiger partial charge in [0.2, 0.25) is 0 Å². The highest BCUT2D eigenvalue weighted by molar-refractivity contribution is 7.99. The molecule has 0 radical (unpaired) electrons. The number of nitrogens with one attached hydrogen (secondary N) is 1. The largest absolute Gasteiger partial charge is 0.359 e. The molecule has 0 aliphatic carbocycles. The van der Waals surface area contributed by atoms with E-state index in [0.717, 1.165) is 12.5 Å². The maximum absolute atomic E-state index is 5.84. The van der Waals surface area contributed by atoms with E-state index in [9.17, 15) is 0 Å². The highest BCUT2D eigenvalue weighted by Gasteiger charge is 2.35. The number of thioether (sulfide) groups is 1. The van der Waals surface area contributed by atoms with Crippen LogP contribution in [0.4, 0.5) is 0 Å². The molecule has 2 nitrogen and oxygen atoms in total. The molecule has 0 aromatic rings. The Morgan fingerprint density at radius 3 is 3.00 bits per heavy atom. The smallest absolute Gasteiger partial charge is 0.117 e. The summed E-state index contributed by atoms with van der Waals surface area (Å²) in [6, 6.07) is 0.524. The van der Waals surface area contributed by atoms with Crippen molar-refractivity contribution in [3.63, 3.8) is 0 Å². The van der Waals surface area contributed by atoms with Crippen molar-refractivity contribution in [1.29, 1.82) is 0 Å². The second-order valence-corrected chi connectivity index (χ2v) is 6.02. The van der Waals surface area contributed by atoms with Gasteiger partial charge in [-0.1, -0.05) is 0 Å². The van der Waals surface area contributed by atoms with Gasteiger partial charge in [-0.3, -0.25) is 5.32 Å². The maximum atomic E-state index is 5.84. The summed E-state index contributed by atoms with van der Waals surface area (Å²) in [6.07, 6.45) is 3.97. The molecule has 2 fully saturated rings. The lowest BCUT2D eigenvalue weighted by molar-refractivity contribution is -0.0123. The van der Waals surface area contributed by atoms with Gasteiger partial charge in [0, 0.05) is 6.04 Å². The van der Waals surface area contributed by atoms with Gasteiger partial charge < -0.3 is 4.74 Å². The monoisotopic (exact) mass is 215 g/mol. The Bertz CT molecular complexity index is 194. The van der Waals surface area contributed by atoms with Gasteiger partial charge in [-0.15, -0.1) is 0 Å². The van der Waals surface area contributed by atoms with Crippen LogP contribution in [0.5, 0.6) is 0 Å². The van der Waals surface area contributed by atoms with Crippen LogP contribution in [0, 0.1) is 5.92 Å². The van der Waals surface area contributed by atoms with Crippen LogP contribution >= 0.6 is 11.8 Å². The topological polar surface area (TPSA) is 21.3 Å². The molecule has 14 heavy (non-hydrogen) atoms. The van der Waals surface area contributed by atoms with Crippen LogP contribution in [0.15, 0.2) is 0 Å². The van der Waals surface area contributed by atoms with Crippen molar-refractivity contribution in [2.45, 2.75) is 44.9 Å². The Hall–Kier alpha value is 0.270. The molecule has 0 bridgehead atoms. The highest BCUT2D eigenvalue weighted by atomic mass is 32.2. The Morgan fingerprint density at radius 2 is 2.43 bits per heavy atom. The van der Waals surface area contributed by atoms with Crippen LogP contribution in [0.1, 0.15) is 33.1 Å². The fourth-order valence-electron chi connectivity index (χ4n) is 2.55. The molecule has 0 aromatic carbocycles. The Kier molecular flexibility index (Phi) is 3.40. The zero-order valence-corrected chi connectivity index (χ0v) is 10.0. The highest BCUT2D eigenvalue weighted by Crippen LogP contribution is 2.31. The molecule has 2 aliphatic heterocycles. The fraction of sp³-hybridized carbons (Fsp3) is 1.00. The van der Waals surface area contributed by atoms with Crippen molar-refractivity contribution in [3.8, 4) is 0 Å². The van der Waals surface area contributed by atoms with Crippen LogP contribution in [0.2, 0.25) is 0 Å². The minimum absolute atomic E-state index is 0.0397. The number of rotatable bonds is 2. The molecule has 2 saturated heterocycles. The van der Waals surface area contributed by atoms with Crippen molar-refractivity contribution in [2.24, 2.45) is 5.92 Å². The first kappa shape index (κ1) is 10.8. The third-order valence-corrected chi connectivity index (χ3v) is 4.42. The quantitative estimate of drug-likeness (QED) is 0.763. The predicted molar refractivity (Wildman–Crippen MR) is 61.6 cm³/mol. The molecule has 1 N–H and O–H groups in total. The maximum Gasteiger partial charge on any atom is 0.117 e. The third kappa shape index (κ3) is 2.65. The van der Waals surface area contributed by atoms with Gasteiger partial charge in [-0.05, 0) is 50.5 Å². The van der Waals surface area contributed by atoms with Gasteiger partial charge in [0.05, 0.1) is 6.61 Å². The van der Waals surface area contributed by atoms with Crippen molar-refractivity contribution in [2.75, 3.05) is 18.1 Å². The van der Waals surface area contributed by atoms with Crippen LogP contribution in [-0.2, 0) is 4.74 Å². The Morgan fingerprint density at radius 1 is 1.57 bits per heavy atom. The molecular formula is C11H21NOS. The van der Waals surface area contributed by atoms with Crippen LogP contribution < -0.4 is 5.32 Å². The van der Waals surface area contributed by atoms with E-state index in [0.29, 0.717) is 6.04 Å². The Balaban J connectivity index is 1.83. The molecule has 82 valence electrons. The number of ether oxygens (including phenoxy) is 1. The third-order valence-electron chi connectivity index (χ3n) is 3.14. The normalized spacial score (nSPS) is 44.1. The van der Waals surface area contributed by atoms with Crippen molar-refractivity contribution < 1.29 is 4.74 Å². The number of hydrogen-bond donors (Lipinski definition) is 1. The van der Waals surface area contributed by atoms with E-state index in [-0.39, 0.29) is 5.72 Å². The molecule has 3 heteroatoms. The van der Waals surface area contributed by atoms with Gasteiger partial charge >= 0.3 is 0 Å². The van der Waals surface area contributed by atoms with Crippen molar-refractivity contribution in [3.05, 3.63) is 0 Å². The fourth-order valence-corrected chi connectivity index (χ4v) is 3.71. The molecule has 2 aliphatic rings. The second kappa shape index (κ2) is 4.42. The van der Waals surface area contributed by atoms with Gasteiger partial charge in [-0.25, -0.2) is 0 Å². The minimum atomic E-state index is -0.0397. The summed E-state index contributed by atoms with van der Waals surface area (Å²) in [5, 5.41) is 3.55. The van der Waals surface area contributed by atoms with Crippen LogP contribution in [0.3, 0.4) is 0 Å². The van der Waals surface area contributed by atoms with Gasteiger partial charge in [0.15, 0.2) is 0 Å². The number of hydrogen-bond acceptors (Lipinski definition) is 3. The van der Waals surface area contributed by atoms with E-state index in [1.54, 1.807) is 0 Å². The van der Waals surface area contributed by atoms with E-state index in [1.807, 2.05) is 0 Å². The molecule has 3 atom stereocenters. The first-order valence-corrected chi connectivity index (χ1v) is 6.83. The summed E-state index contributed by atoms with van der Waals surface area (Å²) in [6.45, 7) is 5.27. The molecule has 2 heterocycles. The molecule has 3 unspecified atom stereocenters. The molecule has 0 aromatic heterocycles. The minimum Gasteiger partial charge on any atom is -0.359 e. The zero-order chi connectivity index (χ0) is 10.0. The molecule has 0 amide bonds. The molecule has 2 rings (SSSR count). The lowest BCUT2D eigenvalue weighted by Gasteiger charge is -2.31. The summed E-state index contributed by atoms with van der Waals surface area (Å²) in [5.41, 5.74) is -0.0397. The summed E-state index contributed by atoms with van der Waals surface area (Å²) in [5.74, 6) is 3.55. The van der Waals surface area contributed by atoms with E-state index in [2.05, 4.69) is 30.9 Å². The summed E-state index contributed by atoms with van der Waals surface area (Å²) < 4.78 is 5.84. The lowest BCUT2D eigenvalue weighted by atomic mass is 9.95. The Labute approximate surface area is 91.2 Å². The SMILES string of the molecule is CC1COC(C)(CC2CCCSC2)N1. The van der Waals surface area contributed by atoms with Crippen molar-refractivity contribution >= 4 is 11.8 Å². The second-order valence-electron chi connectivity index (χ2n) is 4.87. The molecule has 0 saturated carbocycles. The van der Waals surface area contributed by atoms with E-state index in [1.165, 1.54) is 30.8 Å². The standard InChI is InChI=1S/C11H21NOS/c1-9-7-13-11(2,12-9)6-10-4-3-5-14-8-10/h9-10,12H,3-8H2,1-2H3. The van der Waals surface area contributed by atoms with E-state index < -0.39 is 0 Å². The first-order valence-electron chi connectivity index (χ1n) is 5.67. The predicted octanol–water partition coefficient (Wildman–Crippen LogP) is 2.24. The van der Waals surface area contributed by atoms with Crippen LogP contribution in [0.25, 0.3) is 0 Å². The van der Waals surface area contributed by atoms with Gasteiger partial charge in [0.1, 0.15) is 5.72 Å². The van der Waals surface area contributed by atoms with Crippen molar-refractivity contribution in [1.82, 2.24) is 5.32 Å². The van der Waals surface area contributed by atoms with Gasteiger partial charge in [-0.2, -0.15) is 11.8 Å². The average Bonchev–Trinajstić information content (AvgIpc) is 2.47. The van der Waals surface area contributed by atoms with Crippen LogP contribution in [-0.4, -0.2) is 29.9 Å².